The Kier molecular flexibility index (Phi) is 2.23. The zero-order chi connectivity index (χ0) is 11.0. The highest BCUT2D eigenvalue weighted by Crippen LogP contribution is 2.25. The molecule has 0 amide bonds. The van der Waals surface area contributed by atoms with Crippen molar-refractivity contribution < 1.29 is 5.11 Å². The Balaban J connectivity index is 3.03. The summed E-state index contributed by atoms with van der Waals surface area (Å²) >= 11 is 0. The molecule has 2 aromatic rings. The van der Waals surface area contributed by atoms with E-state index in [2.05, 4.69) is 0 Å². The van der Waals surface area contributed by atoms with E-state index in [1.165, 1.54) is 0 Å². The maximum Gasteiger partial charge on any atom is 0.257 e. The van der Waals surface area contributed by atoms with E-state index in [0.717, 1.165) is 10.9 Å². The van der Waals surface area contributed by atoms with Crippen molar-refractivity contribution in [1.82, 2.24) is 4.57 Å². The van der Waals surface area contributed by atoms with Crippen LogP contribution in [-0.2, 0) is 13.5 Å². The molecule has 3 nitrogen and oxygen atoms in total. The molecule has 0 fully saturated rings. The third kappa shape index (κ3) is 1.31. The third-order valence-corrected chi connectivity index (χ3v) is 2.72. The molecule has 1 heterocycles. The van der Waals surface area contributed by atoms with Crippen LogP contribution < -0.4 is 5.56 Å². The largest absolute Gasteiger partial charge is 0.507 e. The van der Waals surface area contributed by atoms with E-state index in [4.69, 9.17) is 0 Å². The molecule has 78 valence electrons. The van der Waals surface area contributed by atoms with Crippen LogP contribution >= 0.6 is 0 Å². The van der Waals surface area contributed by atoms with Crippen LogP contribution in [0.25, 0.3) is 10.9 Å². The second kappa shape index (κ2) is 3.42. The summed E-state index contributed by atoms with van der Waals surface area (Å²) in [7, 11) is 1.73. The van der Waals surface area contributed by atoms with Gasteiger partial charge in [0.2, 0.25) is 0 Å². The van der Waals surface area contributed by atoms with Crippen LogP contribution in [-0.4, -0.2) is 9.67 Å². The van der Waals surface area contributed by atoms with E-state index in [-0.39, 0.29) is 11.3 Å². The van der Waals surface area contributed by atoms with Crippen LogP contribution in [0.5, 0.6) is 5.75 Å². The van der Waals surface area contributed by atoms with Gasteiger partial charge in [-0.2, -0.15) is 0 Å². The summed E-state index contributed by atoms with van der Waals surface area (Å²) in [6.45, 7) is 1.87. The molecular weight excluding hydrogens is 190 g/mol. The lowest BCUT2D eigenvalue weighted by Crippen LogP contribution is -2.21. The molecule has 0 atom stereocenters. The van der Waals surface area contributed by atoms with Crippen molar-refractivity contribution in [2.24, 2.45) is 7.05 Å². The topological polar surface area (TPSA) is 42.2 Å². The fraction of sp³-hybridized carbons (Fsp3) is 0.250. The van der Waals surface area contributed by atoms with E-state index in [1.807, 2.05) is 31.2 Å². The fourth-order valence-electron chi connectivity index (χ4n) is 1.86. The predicted octanol–water partition coefficient (Wildman–Crippen LogP) is 1.81. The molecular formula is C12H13NO2. The molecule has 2 rings (SSSR count). The first-order valence-electron chi connectivity index (χ1n) is 4.96. The van der Waals surface area contributed by atoms with Crippen molar-refractivity contribution in [2.75, 3.05) is 0 Å². The summed E-state index contributed by atoms with van der Waals surface area (Å²) in [5, 5.41) is 10.7. The van der Waals surface area contributed by atoms with E-state index < -0.39 is 0 Å². The molecule has 15 heavy (non-hydrogen) atoms. The summed E-state index contributed by atoms with van der Waals surface area (Å²) in [6.07, 6.45) is 0.545. The number of aromatic nitrogens is 1. The minimum atomic E-state index is -0.117. The summed E-state index contributed by atoms with van der Waals surface area (Å²) in [6, 6.07) is 7.36. The lowest BCUT2D eigenvalue weighted by molar-refractivity contribution is 0.472. The molecule has 0 spiro atoms. The SMILES string of the molecule is CCc1c(O)c2ccccc2n(C)c1=O. The van der Waals surface area contributed by atoms with Gasteiger partial charge < -0.3 is 9.67 Å². The minimum absolute atomic E-state index is 0.117. The van der Waals surface area contributed by atoms with E-state index in [1.54, 1.807) is 11.6 Å². The van der Waals surface area contributed by atoms with Gasteiger partial charge in [-0.05, 0) is 18.6 Å². The Morgan fingerprint density at radius 3 is 2.67 bits per heavy atom. The number of pyridine rings is 1. The van der Waals surface area contributed by atoms with Crippen molar-refractivity contribution in [3.63, 3.8) is 0 Å². The smallest absolute Gasteiger partial charge is 0.257 e. The van der Waals surface area contributed by atoms with Crippen molar-refractivity contribution in [3.05, 3.63) is 40.2 Å². The van der Waals surface area contributed by atoms with Gasteiger partial charge >= 0.3 is 0 Å². The van der Waals surface area contributed by atoms with Crippen LogP contribution in [0.2, 0.25) is 0 Å². The van der Waals surface area contributed by atoms with Gasteiger partial charge in [0.05, 0.1) is 11.1 Å². The Morgan fingerprint density at radius 1 is 1.33 bits per heavy atom. The first-order valence-corrected chi connectivity index (χ1v) is 4.96. The van der Waals surface area contributed by atoms with Gasteiger partial charge in [0.1, 0.15) is 5.75 Å². The average molecular weight is 203 g/mol. The maximum absolute atomic E-state index is 11.8. The number of hydrogen-bond donors (Lipinski definition) is 1. The number of fused-ring (bicyclic) bond motifs is 1. The van der Waals surface area contributed by atoms with Gasteiger partial charge in [0, 0.05) is 12.4 Å². The molecule has 0 unspecified atom stereocenters. The zero-order valence-corrected chi connectivity index (χ0v) is 8.82. The molecule has 0 aliphatic rings. The number of aromatic hydroxyl groups is 1. The lowest BCUT2D eigenvalue weighted by Gasteiger charge is -2.09. The predicted molar refractivity (Wildman–Crippen MR) is 60.2 cm³/mol. The number of rotatable bonds is 1. The van der Waals surface area contributed by atoms with Crippen molar-refractivity contribution in [2.45, 2.75) is 13.3 Å². The second-order valence-corrected chi connectivity index (χ2v) is 3.56. The van der Waals surface area contributed by atoms with Crippen molar-refractivity contribution in [3.8, 4) is 5.75 Å². The van der Waals surface area contributed by atoms with Gasteiger partial charge in [0.25, 0.3) is 5.56 Å². The monoisotopic (exact) mass is 203 g/mol. The highest BCUT2D eigenvalue weighted by Gasteiger charge is 2.11. The van der Waals surface area contributed by atoms with E-state index in [0.29, 0.717) is 12.0 Å². The molecule has 0 radical (unpaired) electrons. The van der Waals surface area contributed by atoms with E-state index >= 15 is 0 Å². The van der Waals surface area contributed by atoms with Gasteiger partial charge in [-0.1, -0.05) is 19.1 Å². The molecule has 1 N–H and O–H groups in total. The van der Waals surface area contributed by atoms with E-state index in [9.17, 15) is 9.90 Å². The van der Waals surface area contributed by atoms with Gasteiger partial charge in [-0.3, -0.25) is 4.79 Å². The standard InChI is InChI=1S/C12H13NO2/c1-3-8-11(14)9-6-4-5-7-10(9)13(2)12(8)15/h4-7,14H,3H2,1-2H3. The summed E-state index contributed by atoms with van der Waals surface area (Å²) < 4.78 is 1.58. The number of para-hydroxylation sites is 1. The van der Waals surface area contributed by atoms with Crippen LogP contribution in [0.4, 0.5) is 0 Å². The first-order chi connectivity index (χ1) is 7.16. The number of aryl methyl sites for hydroxylation is 1. The normalized spacial score (nSPS) is 10.8. The van der Waals surface area contributed by atoms with Crippen LogP contribution in [0.3, 0.4) is 0 Å². The highest BCUT2D eigenvalue weighted by molar-refractivity contribution is 5.86. The zero-order valence-electron chi connectivity index (χ0n) is 8.82. The Labute approximate surface area is 87.6 Å². The number of nitrogens with zero attached hydrogens (tertiary/aromatic N) is 1. The van der Waals surface area contributed by atoms with Gasteiger partial charge in [-0.25, -0.2) is 0 Å². The molecule has 1 aromatic heterocycles. The van der Waals surface area contributed by atoms with Crippen molar-refractivity contribution in [1.29, 1.82) is 0 Å². The van der Waals surface area contributed by atoms with Crippen LogP contribution in [0.1, 0.15) is 12.5 Å². The molecule has 1 aromatic carbocycles. The Morgan fingerprint density at radius 2 is 2.00 bits per heavy atom. The molecule has 0 bridgehead atoms. The summed E-state index contributed by atoms with van der Waals surface area (Å²) in [5.41, 5.74) is 1.13. The average Bonchev–Trinajstić information content (AvgIpc) is 2.27. The third-order valence-electron chi connectivity index (χ3n) is 2.72. The Bertz CT molecular complexity index is 570. The molecule has 0 saturated heterocycles. The van der Waals surface area contributed by atoms with Crippen LogP contribution in [0.15, 0.2) is 29.1 Å². The highest BCUT2D eigenvalue weighted by atomic mass is 16.3. The van der Waals surface area contributed by atoms with Gasteiger partial charge in [0.15, 0.2) is 0 Å². The quantitative estimate of drug-likeness (QED) is 0.768. The first kappa shape index (κ1) is 9.77. The summed E-state index contributed by atoms with van der Waals surface area (Å²) in [5.74, 6) is 0.121. The minimum Gasteiger partial charge on any atom is -0.507 e. The van der Waals surface area contributed by atoms with Crippen molar-refractivity contribution >= 4 is 10.9 Å². The Hall–Kier alpha value is -1.77. The fourth-order valence-corrected chi connectivity index (χ4v) is 1.86. The summed E-state index contributed by atoms with van der Waals surface area (Å²) in [4.78, 5) is 11.8. The maximum atomic E-state index is 11.8. The molecule has 0 aliphatic heterocycles. The molecule has 0 saturated carbocycles. The lowest BCUT2D eigenvalue weighted by atomic mass is 10.1. The number of benzene rings is 1. The molecule has 0 aliphatic carbocycles. The van der Waals surface area contributed by atoms with Gasteiger partial charge in [-0.15, -0.1) is 0 Å². The molecule has 3 heteroatoms. The second-order valence-electron chi connectivity index (χ2n) is 3.56. The van der Waals surface area contributed by atoms with Crippen LogP contribution in [0, 0.1) is 0 Å². The number of hydrogen-bond acceptors (Lipinski definition) is 2.